The third-order valence-corrected chi connectivity index (χ3v) is 6.26. The summed E-state index contributed by atoms with van der Waals surface area (Å²) < 4.78 is 50.6. The van der Waals surface area contributed by atoms with Crippen LogP contribution in [-0.2, 0) is 20.0 Å². The molecule has 0 saturated carbocycles. The van der Waals surface area contributed by atoms with Crippen LogP contribution in [0, 0.1) is 6.92 Å². The number of nitrogens with two attached hydrogens (primary N) is 1. The van der Waals surface area contributed by atoms with E-state index in [1.807, 2.05) is 0 Å². The SMILES string of the molecule is Cc1c(N)cccc1S(=O)(=O)NCCS(=O)(=O)N(C)C. The molecule has 0 aliphatic carbocycles. The monoisotopic (exact) mass is 321 g/mol. The van der Waals surface area contributed by atoms with Crippen molar-refractivity contribution in [3.05, 3.63) is 23.8 Å². The van der Waals surface area contributed by atoms with Crippen LogP contribution in [0.3, 0.4) is 0 Å². The van der Waals surface area contributed by atoms with Crippen molar-refractivity contribution in [2.24, 2.45) is 0 Å². The van der Waals surface area contributed by atoms with Gasteiger partial charge in [0.05, 0.1) is 10.6 Å². The fourth-order valence-corrected chi connectivity index (χ4v) is 3.65. The minimum absolute atomic E-state index is 0.0553. The van der Waals surface area contributed by atoms with Crippen molar-refractivity contribution in [2.45, 2.75) is 11.8 Å². The van der Waals surface area contributed by atoms with Gasteiger partial charge in [-0.05, 0) is 24.6 Å². The molecule has 0 spiro atoms. The zero-order valence-corrected chi connectivity index (χ0v) is 13.3. The Labute approximate surface area is 119 Å². The second-order valence-corrected chi connectivity index (χ2v) is 8.50. The molecule has 0 fully saturated rings. The molecule has 0 aliphatic rings. The molecule has 0 heterocycles. The van der Waals surface area contributed by atoms with Crippen LogP contribution in [0.5, 0.6) is 0 Å². The normalized spacial score (nSPS) is 12.8. The summed E-state index contributed by atoms with van der Waals surface area (Å²) in [5.74, 6) is -0.305. The van der Waals surface area contributed by atoms with Crippen molar-refractivity contribution in [2.75, 3.05) is 32.1 Å². The lowest BCUT2D eigenvalue weighted by Gasteiger charge is -2.13. The molecule has 0 radical (unpaired) electrons. The van der Waals surface area contributed by atoms with Gasteiger partial charge >= 0.3 is 0 Å². The zero-order chi connectivity index (χ0) is 15.6. The van der Waals surface area contributed by atoms with Crippen molar-refractivity contribution in [1.82, 2.24) is 9.03 Å². The number of hydrogen-bond acceptors (Lipinski definition) is 5. The summed E-state index contributed by atoms with van der Waals surface area (Å²) >= 11 is 0. The van der Waals surface area contributed by atoms with E-state index in [2.05, 4.69) is 4.72 Å². The molecule has 1 aromatic rings. The second-order valence-electron chi connectivity index (χ2n) is 4.47. The van der Waals surface area contributed by atoms with E-state index in [1.54, 1.807) is 13.0 Å². The first kappa shape index (κ1) is 16.9. The molecule has 3 N–H and O–H groups in total. The summed E-state index contributed by atoms with van der Waals surface area (Å²) in [4.78, 5) is 0.0553. The van der Waals surface area contributed by atoms with Gasteiger partial charge in [0.15, 0.2) is 0 Å². The van der Waals surface area contributed by atoms with Gasteiger partial charge in [-0.1, -0.05) is 6.07 Å². The first-order valence-electron chi connectivity index (χ1n) is 5.83. The Hall–Kier alpha value is -1.16. The van der Waals surface area contributed by atoms with E-state index in [1.165, 1.54) is 26.2 Å². The smallest absolute Gasteiger partial charge is 0.240 e. The third-order valence-electron chi connectivity index (χ3n) is 2.82. The molecule has 7 nitrogen and oxygen atoms in total. The fourth-order valence-electron chi connectivity index (χ4n) is 1.49. The van der Waals surface area contributed by atoms with Gasteiger partial charge in [0.2, 0.25) is 20.0 Å². The van der Waals surface area contributed by atoms with Crippen LogP contribution in [0.25, 0.3) is 0 Å². The summed E-state index contributed by atoms with van der Waals surface area (Å²) in [7, 11) is -4.42. The van der Waals surface area contributed by atoms with Crippen molar-refractivity contribution in [1.29, 1.82) is 0 Å². The second kappa shape index (κ2) is 6.08. The van der Waals surface area contributed by atoms with E-state index in [4.69, 9.17) is 5.73 Å². The summed E-state index contributed by atoms with van der Waals surface area (Å²) in [6.07, 6.45) is 0. The maximum atomic E-state index is 12.1. The van der Waals surface area contributed by atoms with Gasteiger partial charge in [0.25, 0.3) is 0 Å². The highest BCUT2D eigenvalue weighted by atomic mass is 32.2. The fraction of sp³-hybridized carbons (Fsp3) is 0.455. The molecule has 9 heteroatoms. The van der Waals surface area contributed by atoms with Gasteiger partial charge in [-0.15, -0.1) is 0 Å². The summed E-state index contributed by atoms with van der Waals surface area (Å²) in [5.41, 5.74) is 6.47. The van der Waals surface area contributed by atoms with Gasteiger partial charge in [-0.25, -0.2) is 25.9 Å². The van der Waals surface area contributed by atoms with E-state index in [0.29, 0.717) is 11.3 Å². The number of hydrogen-bond donors (Lipinski definition) is 2. The van der Waals surface area contributed by atoms with E-state index in [0.717, 1.165) is 4.31 Å². The van der Waals surface area contributed by atoms with Crippen LogP contribution in [0.2, 0.25) is 0 Å². The number of nitrogens with zero attached hydrogens (tertiary/aromatic N) is 1. The molecule has 0 unspecified atom stereocenters. The van der Waals surface area contributed by atoms with Crippen LogP contribution in [0.1, 0.15) is 5.56 Å². The largest absolute Gasteiger partial charge is 0.398 e. The average Bonchev–Trinajstić information content (AvgIpc) is 2.31. The van der Waals surface area contributed by atoms with Gasteiger partial charge in [-0.2, -0.15) is 0 Å². The van der Waals surface area contributed by atoms with E-state index in [-0.39, 0.29) is 17.2 Å². The van der Waals surface area contributed by atoms with Gasteiger partial charge < -0.3 is 5.73 Å². The van der Waals surface area contributed by atoms with Crippen molar-refractivity contribution in [3.8, 4) is 0 Å². The quantitative estimate of drug-likeness (QED) is 0.702. The summed E-state index contributed by atoms with van der Waals surface area (Å²) in [6, 6.07) is 4.56. The topological polar surface area (TPSA) is 110 Å². The van der Waals surface area contributed by atoms with Crippen LogP contribution in [0.4, 0.5) is 5.69 Å². The lowest BCUT2D eigenvalue weighted by atomic mass is 10.2. The van der Waals surface area contributed by atoms with E-state index in [9.17, 15) is 16.8 Å². The highest BCUT2D eigenvalue weighted by Gasteiger charge is 2.19. The number of benzene rings is 1. The number of rotatable bonds is 6. The Balaban J connectivity index is 2.85. The third kappa shape index (κ3) is 3.92. The van der Waals surface area contributed by atoms with Gasteiger partial charge in [0, 0.05) is 26.3 Å². The first-order valence-corrected chi connectivity index (χ1v) is 8.92. The Morgan fingerprint density at radius 2 is 1.80 bits per heavy atom. The minimum atomic E-state index is -3.77. The van der Waals surface area contributed by atoms with E-state index < -0.39 is 20.0 Å². The lowest BCUT2D eigenvalue weighted by Crippen LogP contribution is -2.34. The van der Waals surface area contributed by atoms with Crippen LogP contribution >= 0.6 is 0 Å². The molecule has 0 saturated heterocycles. The highest BCUT2D eigenvalue weighted by Crippen LogP contribution is 2.19. The Bertz CT molecular complexity index is 682. The predicted octanol–water partition coefficient (Wildman–Crippen LogP) is -0.253. The molecular weight excluding hydrogens is 302 g/mol. The summed E-state index contributed by atoms with van der Waals surface area (Å²) in [6.45, 7) is 1.40. The Morgan fingerprint density at radius 3 is 2.35 bits per heavy atom. The van der Waals surface area contributed by atoms with Crippen LogP contribution in [-0.4, -0.2) is 47.5 Å². The van der Waals surface area contributed by atoms with Crippen LogP contribution < -0.4 is 10.5 Å². The van der Waals surface area contributed by atoms with Gasteiger partial charge in [-0.3, -0.25) is 0 Å². The number of anilines is 1. The highest BCUT2D eigenvalue weighted by molar-refractivity contribution is 7.90. The molecule has 0 aliphatic heterocycles. The van der Waals surface area contributed by atoms with Crippen molar-refractivity contribution < 1.29 is 16.8 Å². The average molecular weight is 321 g/mol. The molecule has 0 amide bonds. The predicted molar refractivity (Wildman–Crippen MR) is 78.3 cm³/mol. The van der Waals surface area contributed by atoms with Crippen molar-refractivity contribution in [3.63, 3.8) is 0 Å². The minimum Gasteiger partial charge on any atom is -0.398 e. The molecule has 1 aromatic carbocycles. The summed E-state index contributed by atoms with van der Waals surface area (Å²) in [5, 5.41) is 0. The number of sulfonamides is 2. The number of nitrogens with one attached hydrogen (secondary N) is 1. The maximum absolute atomic E-state index is 12.1. The Morgan fingerprint density at radius 1 is 1.20 bits per heavy atom. The molecule has 0 atom stereocenters. The van der Waals surface area contributed by atoms with E-state index >= 15 is 0 Å². The first-order chi connectivity index (χ1) is 9.08. The maximum Gasteiger partial charge on any atom is 0.240 e. The van der Waals surface area contributed by atoms with Crippen molar-refractivity contribution >= 4 is 25.7 Å². The molecule has 1 rings (SSSR count). The molecule has 20 heavy (non-hydrogen) atoms. The molecule has 0 bridgehead atoms. The molecular formula is C11H19N3O4S2. The van der Waals surface area contributed by atoms with Crippen LogP contribution in [0.15, 0.2) is 23.1 Å². The molecule has 114 valence electrons. The molecule has 0 aromatic heterocycles. The standard InChI is InChI=1S/C11H19N3O4S2/c1-9-10(12)5-4-6-11(9)20(17,18)13-7-8-19(15,16)14(2)3/h4-6,13H,7-8,12H2,1-3H3. The Kier molecular flexibility index (Phi) is 5.14. The lowest BCUT2D eigenvalue weighted by molar-refractivity contribution is 0.519. The van der Waals surface area contributed by atoms with Gasteiger partial charge in [0.1, 0.15) is 0 Å². The number of nitrogen functional groups attached to an aromatic ring is 1. The zero-order valence-electron chi connectivity index (χ0n) is 11.6.